The van der Waals surface area contributed by atoms with Gasteiger partial charge in [0.25, 0.3) is 10.0 Å². The summed E-state index contributed by atoms with van der Waals surface area (Å²) in [6, 6.07) is 11.4. The van der Waals surface area contributed by atoms with Crippen molar-refractivity contribution < 1.29 is 12.8 Å². The summed E-state index contributed by atoms with van der Waals surface area (Å²) in [5.74, 6) is -0.478. The molecule has 0 heterocycles. The molecule has 0 aromatic heterocycles. The van der Waals surface area contributed by atoms with Gasteiger partial charge in [0.2, 0.25) is 0 Å². The van der Waals surface area contributed by atoms with Gasteiger partial charge in [-0.2, -0.15) is 0 Å². The third kappa shape index (κ3) is 2.75. The minimum absolute atomic E-state index is 0.123. The maximum Gasteiger partial charge on any atom is 0.264 e. The van der Waals surface area contributed by atoms with Crippen LogP contribution >= 0.6 is 0 Å². The van der Waals surface area contributed by atoms with E-state index >= 15 is 0 Å². The maximum absolute atomic E-state index is 13.3. The second-order valence-electron chi connectivity index (χ2n) is 4.22. The summed E-state index contributed by atoms with van der Waals surface area (Å²) in [5, 5.41) is 0. The zero-order valence-corrected chi connectivity index (χ0v) is 11.8. The molecule has 0 aliphatic carbocycles. The Morgan fingerprint density at radius 3 is 2.35 bits per heavy atom. The van der Waals surface area contributed by atoms with E-state index in [1.54, 1.807) is 13.0 Å². The van der Waals surface area contributed by atoms with Crippen LogP contribution < -0.4 is 10.0 Å². The zero-order chi connectivity index (χ0) is 14.8. The fourth-order valence-corrected chi connectivity index (χ4v) is 3.36. The molecule has 0 radical (unpaired) electrons. The lowest BCUT2D eigenvalue weighted by molar-refractivity contribution is 0.591. The highest BCUT2D eigenvalue weighted by atomic mass is 32.2. The minimum Gasteiger partial charge on any atom is -0.399 e. The number of anilines is 2. The molecule has 0 aliphatic heterocycles. The number of sulfonamides is 1. The number of rotatable bonds is 4. The lowest BCUT2D eigenvalue weighted by Gasteiger charge is -2.23. The van der Waals surface area contributed by atoms with Crippen molar-refractivity contribution in [2.45, 2.75) is 11.8 Å². The van der Waals surface area contributed by atoms with Crippen molar-refractivity contribution in [1.29, 1.82) is 0 Å². The van der Waals surface area contributed by atoms with E-state index in [0.717, 1.165) is 4.31 Å². The Bertz CT molecular complexity index is 699. The van der Waals surface area contributed by atoms with Crippen LogP contribution in [0.25, 0.3) is 0 Å². The van der Waals surface area contributed by atoms with E-state index in [4.69, 9.17) is 5.73 Å². The van der Waals surface area contributed by atoms with Crippen LogP contribution in [0.1, 0.15) is 6.92 Å². The molecule has 0 amide bonds. The molecule has 0 bridgehead atoms. The zero-order valence-electron chi connectivity index (χ0n) is 11.0. The summed E-state index contributed by atoms with van der Waals surface area (Å²) in [5.41, 5.74) is 6.33. The van der Waals surface area contributed by atoms with Crippen molar-refractivity contribution in [3.05, 3.63) is 54.3 Å². The van der Waals surface area contributed by atoms with Gasteiger partial charge in [-0.15, -0.1) is 0 Å². The second-order valence-corrected chi connectivity index (χ2v) is 6.08. The molecule has 4 nitrogen and oxygen atoms in total. The molecule has 106 valence electrons. The van der Waals surface area contributed by atoms with Gasteiger partial charge < -0.3 is 5.73 Å². The number of hydrogen-bond donors (Lipinski definition) is 1. The average molecular weight is 294 g/mol. The molecule has 0 saturated carbocycles. The normalized spacial score (nSPS) is 11.3. The summed E-state index contributed by atoms with van der Waals surface area (Å²) in [6.07, 6.45) is 0. The fraction of sp³-hybridized carbons (Fsp3) is 0.143. The molecule has 0 atom stereocenters. The molecule has 2 N–H and O–H groups in total. The van der Waals surface area contributed by atoms with Crippen LogP contribution in [-0.2, 0) is 10.0 Å². The lowest BCUT2D eigenvalue weighted by Crippen LogP contribution is -2.30. The van der Waals surface area contributed by atoms with Gasteiger partial charge in [-0.25, -0.2) is 12.8 Å². The van der Waals surface area contributed by atoms with E-state index in [9.17, 15) is 12.8 Å². The first-order chi connectivity index (χ1) is 9.45. The minimum atomic E-state index is -3.73. The van der Waals surface area contributed by atoms with Crippen molar-refractivity contribution >= 4 is 21.4 Å². The SMILES string of the molecule is CCN(c1cccc(F)c1)S(=O)(=O)c1ccc(N)cc1. The first-order valence-electron chi connectivity index (χ1n) is 6.09. The predicted molar refractivity (Wildman–Crippen MR) is 77.5 cm³/mol. The van der Waals surface area contributed by atoms with Crippen molar-refractivity contribution in [3.63, 3.8) is 0 Å². The Morgan fingerprint density at radius 1 is 1.15 bits per heavy atom. The van der Waals surface area contributed by atoms with Gasteiger partial charge in [0, 0.05) is 12.2 Å². The molecule has 0 saturated heterocycles. The highest BCUT2D eigenvalue weighted by molar-refractivity contribution is 7.92. The van der Waals surface area contributed by atoms with Crippen molar-refractivity contribution in [2.75, 3.05) is 16.6 Å². The highest BCUT2D eigenvalue weighted by Crippen LogP contribution is 2.24. The Balaban J connectivity index is 2.47. The fourth-order valence-electron chi connectivity index (χ4n) is 1.89. The van der Waals surface area contributed by atoms with Gasteiger partial charge in [0.1, 0.15) is 5.82 Å². The Morgan fingerprint density at radius 2 is 1.80 bits per heavy atom. The molecular weight excluding hydrogens is 279 g/mol. The van der Waals surface area contributed by atoms with Gasteiger partial charge in [0.05, 0.1) is 10.6 Å². The summed E-state index contributed by atoms with van der Waals surface area (Å²) in [6.45, 7) is 1.90. The van der Waals surface area contributed by atoms with Crippen LogP contribution in [-0.4, -0.2) is 15.0 Å². The molecule has 0 unspecified atom stereocenters. The largest absolute Gasteiger partial charge is 0.399 e. The van der Waals surface area contributed by atoms with Crippen LogP contribution in [0.15, 0.2) is 53.4 Å². The van der Waals surface area contributed by atoms with Crippen LogP contribution in [0, 0.1) is 5.82 Å². The third-order valence-corrected chi connectivity index (χ3v) is 4.77. The van der Waals surface area contributed by atoms with Gasteiger partial charge in [-0.3, -0.25) is 4.31 Å². The quantitative estimate of drug-likeness (QED) is 0.882. The molecule has 0 fully saturated rings. The van der Waals surface area contributed by atoms with E-state index in [2.05, 4.69) is 0 Å². The summed E-state index contributed by atoms with van der Waals surface area (Å²) in [4.78, 5) is 0.123. The maximum atomic E-state index is 13.3. The Kier molecular flexibility index (Phi) is 3.94. The number of nitrogen functional groups attached to an aromatic ring is 1. The van der Waals surface area contributed by atoms with Crippen molar-refractivity contribution in [2.24, 2.45) is 0 Å². The van der Waals surface area contributed by atoms with Crippen LogP contribution in [0.4, 0.5) is 15.8 Å². The average Bonchev–Trinajstić information content (AvgIpc) is 2.40. The number of hydrogen-bond acceptors (Lipinski definition) is 3. The summed E-state index contributed by atoms with van der Waals surface area (Å²) < 4.78 is 39.5. The molecule has 2 rings (SSSR count). The highest BCUT2D eigenvalue weighted by Gasteiger charge is 2.23. The van der Waals surface area contributed by atoms with E-state index in [1.807, 2.05) is 0 Å². The van der Waals surface area contributed by atoms with Crippen LogP contribution in [0.3, 0.4) is 0 Å². The topological polar surface area (TPSA) is 63.4 Å². The molecule has 6 heteroatoms. The van der Waals surface area contributed by atoms with Crippen LogP contribution in [0.5, 0.6) is 0 Å². The van der Waals surface area contributed by atoms with Crippen molar-refractivity contribution in [1.82, 2.24) is 0 Å². The monoisotopic (exact) mass is 294 g/mol. The number of benzene rings is 2. The van der Waals surface area contributed by atoms with Crippen LogP contribution in [0.2, 0.25) is 0 Å². The van der Waals surface area contributed by atoms with Gasteiger partial charge in [-0.05, 0) is 49.4 Å². The number of halogens is 1. The molecule has 0 aliphatic rings. The van der Waals surface area contributed by atoms with E-state index in [1.165, 1.54) is 42.5 Å². The first kappa shape index (κ1) is 14.3. The summed E-state index contributed by atoms with van der Waals surface area (Å²) in [7, 11) is -3.73. The molecular formula is C14H15FN2O2S. The molecule has 2 aromatic rings. The summed E-state index contributed by atoms with van der Waals surface area (Å²) >= 11 is 0. The second kappa shape index (κ2) is 5.50. The van der Waals surface area contributed by atoms with Gasteiger partial charge in [-0.1, -0.05) is 6.07 Å². The molecule has 2 aromatic carbocycles. The van der Waals surface area contributed by atoms with E-state index in [0.29, 0.717) is 11.4 Å². The Labute approximate surface area is 117 Å². The number of nitrogens with two attached hydrogens (primary N) is 1. The van der Waals surface area contributed by atoms with E-state index < -0.39 is 15.8 Å². The molecule has 0 spiro atoms. The Hall–Kier alpha value is -2.08. The predicted octanol–water partition coefficient (Wildman–Crippen LogP) is 2.62. The van der Waals surface area contributed by atoms with Gasteiger partial charge >= 0.3 is 0 Å². The standard InChI is InChI=1S/C14H15FN2O2S/c1-2-17(13-5-3-4-11(15)10-13)20(18,19)14-8-6-12(16)7-9-14/h3-10H,2,16H2,1H3. The van der Waals surface area contributed by atoms with Gasteiger partial charge in [0.15, 0.2) is 0 Å². The van der Waals surface area contributed by atoms with Crippen molar-refractivity contribution in [3.8, 4) is 0 Å². The lowest BCUT2D eigenvalue weighted by atomic mass is 10.3. The number of nitrogens with zero attached hydrogens (tertiary/aromatic N) is 1. The third-order valence-electron chi connectivity index (χ3n) is 2.85. The van der Waals surface area contributed by atoms with E-state index in [-0.39, 0.29) is 11.4 Å². The first-order valence-corrected chi connectivity index (χ1v) is 7.53. The molecule has 20 heavy (non-hydrogen) atoms. The smallest absolute Gasteiger partial charge is 0.264 e.